The van der Waals surface area contributed by atoms with Gasteiger partial charge in [0.1, 0.15) is 0 Å². The number of nitrogens with one attached hydrogen (secondary N) is 1. The Kier molecular flexibility index (Phi) is 3.96. The summed E-state index contributed by atoms with van der Waals surface area (Å²) in [4.78, 5) is 0. The third-order valence-corrected chi connectivity index (χ3v) is 4.82. The van der Waals surface area contributed by atoms with Crippen molar-refractivity contribution >= 4 is 5.69 Å². The van der Waals surface area contributed by atoms with Crippen LogP contribution in [-0.4, -0.2) is 12.1 Å². The lowest BCUT2D eigenvalue weighted by Crippen LogP contribution is -2.54. The maximum Gasteiger partial charge on any atom is 0.0523 e. The van der Waals surface area contributed by atoms with Crippen molar-refractivity contribution in [3.05, 3.63) is 29.8 Å². The van der Waals surface area contributed by atoms with E-state index in [-0.39, 0.29) is 5.54 Å². The molecule has 1 aromatic carbocycles. The second-order valence-electron chi connectivity index (χ2n) is 6.01. The van der Waals surface area contributed by atoms with E-state index in [1.165, 1.54) is 30.5 Å². The highest BCUT2D eigenvalue weighted by atomic mass is 15.0. The lowest BCUT2D eigenvalue weighted by molar-refractivity contribution is 0.168. The van der Waals surface area contributed by atoms with Crippen molar-refractivity contribution in [2.24, 2.45) is 17.6 Å². The summed E-state index contributed by atoms with van der Waals surface area (Å²) in [6.07, 6.45) is 3.79. The Morgan fingerprint density at radius 2 is 1.94 bits per heavy atom. The smallest absolute Gasteiger partial charge is 0.0523 e. The number of hydrogen-bond donors (Lipinski definition) is 2. The Morgan fingerprint density at radius 1 is 1.28 bits per heavy atom. The summed E-state index contributed by atoms with van der Waals surface area (Å²) in [5.41, 5.74) is 8.68. The van der Waals surface area contributed by atoms with Gasteiger partial charge in [0.05, 0.1) is 5.54 Å². The van der Waals surface area contributed by atoms with Gasteiger partial charge in [-0.3, -0.25) is 0 Å². The van der Waals surface area contributed by atoms with Crippen LogP contribution in [0.25, 0.3) is 0 Å². The van der Waals surface area contributed by atoms with E-state index in [0.29, 0.717) is 12.5 Å². The van der Waals surface area contributed by atoms with Crippen LogP contribution in [0.2, 0.25) is 0 Å². The summed E-state index contributed by atoms with van der Waals surface area (Å²) in [6.45, 7) is 7.53. The topological polar surface area (TPSA) is 38.0 Å². The predicted molar refractivity (Wildman–Crippen MR) is 78.8 cm³/mol. The van der Waals surface area contributed by atoms with Crippen molar-refractivity contribution in [3.63, 3.8) is 0 Å². The molecule has 0 bridgehead atoms. The molecule has 1 aliphatic rings. The Bertz CT molecular complexity index is 385. The zero-order valence-corrected chi connectivity index (χ0v) is 11.9. The van der Waals surface area contributed by atoms with Crippen LogP contribution in [0.5, 0.6) is 0 Å². The maximum absolute atomic E-state index is 6.11. The molecule has 0 radical (unpaired) electrons. The molecule has 2 rings (SSSR count). The van der Waals surface area contributed by atoms with Gasteiger partial charge < -0.3 is 11.1 Å². The Morgan fingerprint density at radius 3 is 2.56 bits per heavy atom. The van der Waals surface area contributed by atoms with Crippen molar-refractivity contribution in [3.8, 4) is 0 Å². The lowest BCUT2D eigenvalue weighted by Gasteiger charge is -2.46. The zero-order valence-electron chi connectivity index (χ0n) is 11.9. The summed E-state index contributed by atoms with van der Waals surface area (Å²) >= 11 is 0. The fraction of sp³-hybridized carbons (Fsp3) is 0.625. The third-order valence-electron chi connectivity index (χ3n) is 4.82. The minimum atomic E-state index is 0.0763. The summed E-state index contributed by atoms with van der Waals surface area (Å²) in [5, 5.41) is 3.73. The molecule has 0 spiro atoms. The number of benzene rings is 1. The van der Waals surface area contributed by atoms with Crippen LogP contribution in [-0.2, 0) is 0 Å². The van der Waals surface area contributed by atoms with E-state index in [1.807, 2.05) is 0 Å². The molecular weight excluding hydrogens is 220 g/mol. The second-order valence-corrected chi connectivity index (χ2v) is 6.01. The molecule has 100 valence electrons. The molecule has 0 heterocycles. The van der Waals surface area contributed by atoms with Gasteiger partial charge in [-0.05, 0) is 37.3 Å². The molecule has 3 N–H and O–H groups in total. The summed E-state index contributed by atoms with van der Waals surface area (Å²) < 4.78 is 0. The summed E-state index contributed by atoms with van der Waals surface area (Å²) in [5.74, 6) is 1.37. The predicted octanol–water partition coefficient (Wildman–Crippen LogP) is 3.56. The molecular formula is C16H26N2. The molecule has 3 unspecified atom stereocenters. The molecule has 0 aliphatic heterocycles. The van der Waals surface area contributed by atoms with Crippen LogP contribution in [0.4, 0.5) is 5.69 Å². The zero-order chi connectivity index (χ0) is 13.2. The molecule has 1 saturated carbocycles. The Balaban J connectivity index is 2.19. The van der Waals surface area contributed by atoms with E-state index in [4.69, 9.17) is 5.73 Å². The van der Waals surface area contributed by atoms with E-state index < -0.39 is 0 Å². The van der Waals surface area contributed by atoms with Gasteiger partial charge in [-0.25, -0.2) is 0 Å². The van der Waals surface area contributed by atoms with Gasteiger partial charge in [0.25, 0.3) is 0 Å². The highest BCUT2D eigenvalue weighted by Crippen LogP contribution is 2.39. The van der Waals surface area contributed by atoms with E-state index in [2.05, 4.69) is 50.4 Å². The van der Waals surface area contributed by atoms with Gasteiger partial charge >= 0.3 is 0 Å². The molecule has 2 nitrogen and oxygen atoms in total. The van der Waals surface area contributed by atoms with Crippen LogP contribution < -0.4 is 11.1 Å². The van der Waals surface area contributed by atoms with Gasteiger partial charge in [-0.1, -0.05) is 44.4 Å². The number of anilines is 1. The SMILES string of the molecule is Cc1ccc(NC2(CN)CCCC(C)C2C)cc1. The van der Waals surface area contributed by atoms with Gasteiger partial charge in [0.2, 0.25) is 0 Å². The lowest BCUT2D eigenvalue weighted by atomic mass is 9.68. The van der Waals surface area contributed by atoms with Crippen molar-refractivity contribution in [1.82, 2.24) is 0 Å². The minimum absolute atomic E-state index is 0.0763. The maximum atomic E-state index is 6.11. The molecule has 0 aromatic heterocycles. The molecule has 1 aliphatic carbocycles. The molecule has 0 amide bonds. The van der Waals surface area contributed by atoms with E-state index in [9.17, 15) is 0 Å². The first kappa shape index (κ1) is 13.4. The summed E-state index contributed by atoms with van der Waals surface area (Å²) in [7, 11) is 0. The molecule has 0 saturated heterocycles. The fourth-order valence-corrected chi connectivity index (χ4v) is 3.20. The molecule has 2 heteroatoms. The first-order valence-corrected chi connectivity index (χ1v) is 7.12. The first-order valence-electron chi connectivity index (χ1n) is 7.12. The van der Waals surface area contributed by atoms with E-state index >= 15 is 0 Å². The first-order chi connectivity index (χ1) is 8.57. The minimum Gasteiger partial charge on any atom is -0.378 e. The van der Waals surface area contributed by atoms with Crippen molar-refractivity contribution < 1.29 is 0 Å². The number of hydrogen-bond acceptors (Lipinski definition) is 2. The van der Waals surface area contributed by atoms with E-state index in [0.717, 1.165) is 5.92 Å². The van der Waals surface area contributed by atoms with Crippen LogP contribution in [0.15, 0.2) is 24.3 Å². The average molecular weight is 246 g/mol. The van der Waals surface area contributed by atoms with Gasteiger partial charge in [0.15, 0.2) is 0 Å². The Labute approximate surface area is 111 Å². The highest BCUT2D eigenvalue weighted by molar-refractivity contribution is 5.47. The fourth-order valence-electron chi connectivity index (χ4n) is 3.20. The summed E-state index contributed by atoms with van der Waals surface area (Å²) in [6, 6.07) is 8.64. The molecule has 18 heavy (non-hydrogen) atoms. The van der Waals surface area contributed by atoms with Crippen LogP contribution >= 0.6 is 0 Å². The van der Waals surface area contributed by atoms with Crippen LogP contribution in [0.3, 0.4) is 0 Å². The van der Waals surface area contributed by atoms with Crippen molar-refractivity contribution in [2.45, 2.75) is 45.6 Å². The van der Waals surface area contributed by atoms with Crippen molar-refractivity contribution in [1.29, 1.82) is 0 Å². The average Bonchev–Trinajstić information content (AvgIpc) is 2.38. The third kappa shape index (κ3) is 2.54. The normalized spacial score (nSPS) is 32.2. The quantitative estimate of drug-likeness (QED) is 0.856. The standard InChI is InChI=1S/C16H26N2/c1-12-6-8-15(9-7-12)18-16(11-17)10-4-5-13(2)14(16)3/h6-9,13-14,18H,4-5,10-11,17H2,1-3H3. The monoisotopic (exact) mass is 246 g/mol. The Hall–Kier alpha value is -1.02. The van der Waals surface area contributed by atoms with Crippen LogP contribution in [0, 0.1) is 18.8 Å². The molecule has 3 atom stereocenters. The van der Waals surface area contributed by atoms with E-state index in [1.54, 1.807) is 0 Å². The number of aryl methyl sites for hydroxylation is 1. The highest BCUT2D eigenvalue weighted by Gasteiger charge is 2.40. The number of nitrogens with two attached hydrogens (primary N) is 1. The van der Waals surface area contributed by atoms with Gasteiger partial charge in [-0.15, -0.1) is 0 Å². The van der Waals surface area contributed by atoms with Gasteiger partial charge in [-0.2, -0.15) is 0 Å². The van der Waals surface area contributed by atoms with Crippen LogP contribution in [0.1, 0.15) is 38.7 Å². The molecule has 1 fully saturated rings. The second kappa shape index (κ2) is 5.31. The van der Waals surface area contributed by atoms with Crippen molar-refractivity contribution in [2.75, 3.05) is 11.9 Å². The van der Waals surface area contributed by atoms with Gasteiger partial charge in [0, 0.05) is 12.2 Å². The number of rotatable bonds is 3. The largest absolute Gasteiger partial charge is 0.378 e. The molecule has 1 aromatic rings.